The van der Waals surface area contributed by atoms with Crippen molar-refractivity contribution in [2.24, 2.45) is 10.3 Å². The van der Waals surface area contributed by atoms with E-state index in [1.807, 2.05) is 0 Å². The molecule has 0 saturated carbocycles. The quantitative estimate of drug-likeness (QED) is 0.0324. The Kier molecular flexibility index (Phi) is 23.5. The van der Waals surface area contributed by atoms with Crippen molar-refractivity contribution < 1.29 is 61.6 Å². The maximum absolute atomic E-state index is 13.9. The maximum Gasteiger partial charge on any atom is 0.344 e. The Morgan fingerprint density at radius 1 is 0.847 bits per heavy atom. The molecular formula is C37H34Cl5F3N4O10. The van der Waals surface area contributed by atoms with Gasteiger partial charge in [-0.25, -0.2) is 18.0 Å². The van der Waals surface area contributed by atoms with Gasteiger partial charge in [0.25, 0.3) is 0 Å². The summed E-state index contributed by atoms with van der Waals surface area (Å²) >= 11 is 27.6. The molecule has 14 nitrogen and oxygen atoms in total. The predicted molar refractivity (Wildman–Crippen MR) is 213 cm³/mol. The minimum absolute atomic E-state index is 0.0315. The molecule has 1 aromatic heterocycles. The third-order valence-corrected chi connectivity index (χ3v) is 8.28. The summed E-state index contributed by atoms with van der Waals surface area (Å²) < 4.78 is 54.5. The van der Waals surface area contributed by atoms with Crippen LogP contribution in [0, 0.1) is 24.4 Å². The van der Waals surface area contributed by atoms with E-state index >= 15 is 0 Å². The fourth-order valence-electron chi connectivity index (χ4n) is 4.11. The molecule has 0 radical (unpaired) electrons. The normalized spacial score (nSPS) is 11.9. The smallest absolute Gasteiger partial charge is 0.344 e. The molecule has 318 valence electrons. The van der Waals surface area contributed by atoms with Crippen molar-refractivity contribution in [2.45, 2.75) is 47.0 Å². The summed E-state index contributed by atoms with van der Waals surface area (Å²) in [6, 6.07) is 12.5. The number of halogens is 8. The Morgan fingerprint density at radius 2 is 1.37 bits per heavy atom. The number of carbonyl (C=O) groups excluding carboxylic acids is 5. The summed E-state index contributed by atoms with van der Waals surface area (Å²) in [7, 11) is 0. The summed E-state index contributed by atoms with van der Waals surface area (Å²) in [5.74, 6) is -3.25. The SMILES string of the molecule is CCOC(=O)CC(C)=O.CCOC(=O)c1c(-c2c(F)cccc2Cl)noc1C.O/N=C(/Cl)c1c(F)cccc1Cl.O/N=C\c1c(F)cccc1Cl.O=C1CCC(=O)N1Cl. The summed E-state index contributed by atoms with van der Waals surface area (Å²) in [6.07, 6.45) is 1.39. The van der Waals surface area contributed by atoms with E-state index in [2.05, 4.69) is 20.2 Å². The van der Waals surface area contributed by atoms with Crippen molar-refractivity contribution in [3.63, 3.8) is 0 Å². The number of carbonyl (C=O) groups is 5. The molecule has 0 unspecified atom stereocenters. The van der Waals surface area contributed by atoms with Crippen molar-refractivity contribution in [3.05, 3.63) is 110 Å². The average molecular weight is 929 g/mol. The van der Waals surface area contributed by atoms with Crippen molar-refractivity contribution in [2.75, 3.05) is 13.2 Å². The number of aromatic nitrogens is 1. The van der Waals surface area contributed by atoms with Crippen molar-refractivity contribution in [3.8, 4) is 11.3 Å². The molecule has 2 amide bonds. The molecule has 2 N–H and O–H groups in total. The van der Waals surface area contributed by atoms with Crippen LogP contribution in [0.3, 0.4) is 0 Å². The zero-order valence-electron chi connectivity index (χ0n) is 31.3. The lowest BCUT2D eigenvalue weighted by molar-refractivity contribution is -0.145. The molecule has 2 heterocycles. The van der Waals surface area contributed by atoms with Gasteiger partial charge in [-0.1, -0.05) is 80.1 Å². The van der Waals surface area contributed by atoms with E-state index in [0.29, 0.717) is 11.0 Å². The molecule has 3 aromatic carbocycles. The number of aryl methyl sites for hydroxylation is 1. The van der Waals surface area contributed by atoms with Crippen LogP contribution < -0.4 is 0 Å². The molecule has 5 rings (SSSR count). The molecule has 4 aromatic rings. The summed E-state index contributed by atoms with van der Waals surface area (Å²) in [6.45, 7) is 6.84. The first kappa shape index (κ1) is 51.8. The first-order valence-corrected chi connectivity index (χ1v) is 18.4. The minimum Gasteiger partial charge on any atom is -0.466 e. The fourth-order valence-corrected chi connectivity index (χ4v) is 5.24. The van der Waals surface area contributed by atoms with Crippen LogP contribution in [0.4, 0.5) is 13.2 Å². The molecule has 0 bridgehead atoms. The van der Waals surface area contributed by atoms with E-state index < -0.39 is 29.4 Å². The third kappa shape index (κ3) is 16.9. The first-order chi connectivity index (χ1) is 27.9. The molecule has 1 fully saturated rings. The van der Waals surface area contributed by atoms with E-state index in [1.54, 1.807) is 20.8 Å². The molecule has 1 aliphatic rings. The van der Waals surface area contributed by atoms with Gasteiger partial charge < -0.3 is 24.4 Å². The van der Waals surface area contributed by atoms with Crippen LogP contribution in [0.5, 0.6) is 0 Å². The van der Waals surface area contributed by atoms with Crippen molar-refractivity contribution >= 4 is 99.1 Å². The zero-order chi connectivity index (χ0) is 44.8. The molecule has 1 aliphatic heterocycles. The van der Waals surface area contributed by atoms with Gasteiger partial charge in [0.05, 0.1) is 51.2 Å². The largest absolute Gasteiger partial charge is 0.466 e. The van der Waals surface area contributed by atoms with Crippen molar-refractivity contribution in [1.82, 2.24) is 9.58 Å². The number of esters is 2. The Bertz CT molecular complexity index is 2080. The number of ketones is 1. The number of ether oxygens (including phenoxy) is 2. The van der Waals surface area contributed by atoms with Gasteiger partial charge in [0.1, 0.15) is 46.7 Å². The Balaban J connectivity index is 0.000000384. The van der Waals surface area contributed by atoms with Gasteiger partial charge in [-0.15, -0.1) is 0 Å². The van der Waals surface area contributed by atoms with Crippen LogP contribution in [0.25, 0.3) is 11.3 Å². The van der Waals surface area contributed by atoms with Gasteiger partial charge in [0, 0.05) is 24.6 Å². The third-order valence-electron chi connectivity index (χ3n) is 6.67. The molecule has 22 heteroatoms. The van der Waals surface area contributed by atoms with Gasteiger partial charge in [-0.3, -0.25) is 19.2 Å². The second-order valence-corrected chi connectivity index (χ2v) is 12.8. The van der Waals surface area contributed by atoms with E-state index in [9.17, 15) is 37.1 Å². The number of imide groups is 1. The monoisotopic (exact) mass is 926 g/mol. The van der Waals surface area contributed by atoms with E-state index in [0.717, 1.165) is 6.21 Å². The van der Waals surface area contributed by atoms with Gasteiger partial charge in [-0.05, 0) is 64.1 Å². The highest BCUT2D eigenvalue weighted by molar-refractivity contribution is 6.70. The molecule has 0 atom stereocenters. The Labute approximate surface area is 360 Å². The number of rotatable bonds is 8. The number of benzene rings is 3. The number of oxime groups is 2. The van der Waals surface area contributed by atoms with Gasteiger partial charge in [0.2, 0.25) is 11.8 Å². The van der Waals surface area contributed by atoms with Crippen LogP contribution in [0.15, 0.2) is 69.4 Å². The summed E-state index contributed by atoms with van der Waals surface area (Å²) in [5.41, 5.74) is 0.178. The molecule has 0 aliphatic carbocycles. The maximum atomic E-state index is 13.9. The second kappa shape index (κ2) is 26.7. The summed E-state index contributed by atoms with van der Waals surface area (Å²) in [4.78, 5) is 53.2. The molecule has 0 spiro atoms. The number of nitrogens with zero attached hydrogens (tertiary/aromatic N) is 4. The predicted octanol–water partition coefficient (Wildman–Crippen LogP) is 9.58. The zero-order valence-corrected chi connectivity index (χ0v) is 35.1. The van der Waals surface area contributed by atoms with Crippen molar-refractivity contribution in [1.29, 1.82) is 0 Å². The minimum atomic E-state index is -0.620. The highest BCUT2D eigenvalue weighted by Gasteiger charge is 2.27. The number of amides is 2. The second-order valence-electron chi connectivity index (χ2n) is 10.9. The number of hydrogen-bond donors (Lipinski definition) is 2. The van der Waals surface area contributed by atoms with Crippen LogP contribution in [0.1, 0.15) is 67.3 Å². The highest BCUT2D eigenvalue weighted by Crippen LogP contribution is 2.33. The van der Waals surface area contributed by atoms with E-state index in [-0.39, 0.29) is 97.4 Å². The topological polar surface area (TPSA) is 198 Å². The highest BCUT2D eigenvalue weighted by atomic mass is 35.5. The van der Waals surface area contributed by atoms with Gasteiger partial charge in [0.15, 0.2) is 5.17 Å². The summed E-state index contributed by atoms with van der Waals surface area (Å²) in [5, 5.41) is 25.5. The number of Topliss-reactive ketones (excluding diaryl/α,β-unsaturated/α-hetero) is 1. The first-order valence-electron chi connectivity index (χ1n) is 16.5. The van der Waals surface area contributed by atoms with Crippen LogP contribution in [-0.2, 0) is 28.7 Å². The lowest BCUT2D eigenvalue weighted by Crippen LogP contribution is -2.16. The van der Waals surface area contributed by atoms with Gasteiger partial charge >= 0.3 is 11.9 Å². The van der Waals surface area contributed by atoms with Crippen LogP contribution >= 0.6 is 58.2 Å². The Morgan fingerprint density at radius 3 is 1.81 bits per heavy atom. The molecule has 1 saturated heterocycles. The van der Waals surface area contributed by atoms with Gasteiger partial charge in [-0.2, -0.15) is 4.42 Å². The van der Waals surface area contributed by atoms with Crippen LogP contribution in [0.2, 0.25) is 15.1 Å². The van der Waals surface area contributed by atoms with E-state index in [1.165, 1.54) is 61.5 Å². The molecule has 59 heavy (non-hydrogen) atoms. The molecular weight excluding hydrogens is 895 g/mol. The van der Waals surface area contributed by atoms with E-state index in [4.69, 9.17) is 77.9 Å². The standard InChI is InChI=1S/C13H11ClFNO3.C7H4Cl2FNO.C7H5ClFNO.C6H10O3.C4H4ClNO2/c1-3-18-13(17)10-7(2)19-16-12(10)11-8(14)5-4-6-9(11)15;8-4-2-1-3-5(10)6(4)7(9)11-12;8-6-2-1-3-7(9)5(6)4-10-11;1-3-9-6(8)4-5(2)7;5-6-3(7)1-2-4(6)8/h4-6H,3H2,1-2H3;1-3,12H;1-4,11H;3-4H2,1-2H3;1-2H2/b;11-7+;10-4-;;. The fraction of sp³-hybridized carbons (Fsp3) is 0.243. The lowest BCUT2D eigenvalue weighted by Gasteiger charge is -2.05. The van der Waals surface area contributed by atoms with Crippen LogP contribution in [-0.4, -0.2) is 74.1 Å². The Hall–Kier alpha value is -5.20. The number of hydrogen-bond acceptors (Lipinski definition) is 13. The lowest BCUT2D eigenvalue weighted by atomic mass is 10.1. The average Bonchev–Trinajstić information content (AvgIpc) is 3.69.